The summed E-state index contributed by atoms with van der Waals surface area (Å²) >= 11 is 0. The summed E-state index contributed by atoms with van der Waals surface area (Å²) in [7, 11) is 0. The van der Waals surface area contributed by atoms with Crippen LogP contribution in [0.15, 0.2) is 23.9 Å². The molecular formula is C14H19NO2. The summed E-state index contributed by atoms with van der Waals surface area (Å²) < 4.78 is 0. The first kappa shape index (κ1) is 13.4. The molecule has 0 radical (unpaired) electrons. The third-order valence-electron chi connectivity index (χ3n) is 2.61. The first-order valence-corrected chi connectivity index (χ1v) is 5.82. The lowest BCUT2D eigenvalue weighted by Crippen LogP contribution is -2.02. The predicted molar refractivity (Wildman–Crippen MR) is 70.3 cm³/mol. The van der Waals surface area contributed by atoms with E-state index < -0.39 is 0 Å². The Labute approximate surface area is 102 Å². The van der Waals surface area contributed by atoms with E-state index in [0.717, 1.165) is 16.7 Å². The summed E-state index contributed by atoms with van der Waals surface area (Å²) in [5.41, 5.74) is 3.42. The van der Waals surface area contributed by atoms with Gasteiger partial charge in [0.25, 0.3) is 0 Å². The zero-order valence-electron chi connectivity index (χ0n) is 10.9. The van der Waals surface area contributed by atoms with Crippen molar-refractivity contribution in [2.45, 2.75) is 34.1 Å². The summed E-state index contributed by atoms with van der Waals surface area (Å²) in [6.45, 7) is 7.93. The monoisotopic (exact) mass is 233 g/mol. The van der Waals surface area contributed by atoms with Crippen LogP contribution < -0.4 is 0 Å². The number of nitro groups is 1. The van der Waals surface area contributed by atoms with Crippen LogP contribution in [0, 0.1) is 29.9 Å². The average molecular weight is 233 g/mol. The van der Waals surface area contributed by atoms with Gasteiger partial charge in [-0.3, -0.25) is 10.1 Å². The van der Waals surface area contributed by atoms with Crippen molar-refractivity contribution in [2.24, 2.45) is 5.92 Å². The second kappa shape index (κ2) is 5.62. The van der Waals surface area contributed by atoms with E-state index >= 15 is 0 Å². The van der Waals surface area contributed by atoms with Crippen molar-refractivity contribution in [1.82, 2.24) is 0 Å². The Hall–Kier alpha value is -1.64. The Morgan fingerprint density at radius 1 is 1.41 bits per heavy atom. The minimum absolute atomic E-state index is 0.276. The molecular weight excluding hydrogens is 214 g/mol. The molecule has 0 bridgehead atoms. The summed E-state index contributed by atoms with van der Waals surface area (Å²) in [6.07, 6.45) is 2.20. The maximum absolute atomic E-state index is 11.0. The minimum atomic E-state index is -0.276. The van der Waals surface area contributed by atoms with Crippen molar-refractivity contribution >= 4 is 6.08 Å². The fourth-order valence-electron chi connectivity index (χ4n) is 1.70. The van der Waals surface area contributed by atoms with E-state index in [9.17, 15) is 10.1 Å². The van der Waals surface area contributed by atoms with Gasteiger partial charge in [-0.15, -0.1) is 0 Å². The molecule has 3 nitrogen and oxygen atoms in total. The third-order valence-corrected chi connectivity index (χ3v) is 2.61. The Morgan fingerprint density at radius 2 is 2.06 bits per heavy atom. The van der Waals surface area contributed by atoms with Crippen LogP contribution in [0.25, 0.3) is 6.08 Å². The molecule has 1 rings (SSSR count). The molecule has 1 aromatic carbocycles. The largest absolute Gasteiger partial charge is 0.259 e. The molecule has 3 heteroatoms. The molecule has 0 unspecified atom stereocenters. The smallest absolute Gasteiger partial charge is 0.247 e. The van der Waals surface area contributed by atoms with Crippen LogP contribution in [0.1, 0.15) is 37.0 Å². The van der Waals surface area contributed by atoms with E-state index in [1.165, 1.54) is 0 Å². The fraction of sp³-hybridized carbons (Fsp3) is 0.429. The molecule has 0 saturated heterocycles. The van der Waals surface area contributed by atoms with Crippen molar-refractivity contribution in [1.29, 1.82) is 0 Å². The predicted octanol–water partition coefficient (Wildman–Crippen LogP) is 3.97. The molecule has 0 heterocycles. The van der Waals surface area contributed by atoms with Crippen LogP contribution in [-0.4, -0.2) is 4.92 Å². The van der Waals surface area contributed by atoms with E-state index in [4.69, 9.17) is 0 Å². The minimum Gasteiger partial charge on any atom is -0.259 e. The van der Waals surface area contributed by atoms with Gasteiger partial charge in [-0.05, 0) is 30.9 Å². The molecule has 17 heavy (non-hydrogen) atoms. The van der Waals surface area contributed by atoms with Crippen LogP contribution >= 0.6 is 0 Å². The SMILES string of the molecule is Cc1ccc(C)c(C=C(CC(C)C)[N+](=O)[O-])c1. The summed E-state index contributed by atoms with van der Waals surface area (Å²) in [5, 5.41) is 11.0. The fourth-order valence-corrected chi connectivity index (χ4v) is 1.70. The maximum atomic E-state index is 11.0. The van der Waals surface area contributed by atoms with Gasteiger partial charge in [0.2, 0.25) is 5.70 Å². The summed E-state index contributed by atoms with van der Waals surface area (Å²) in [6, 6.07) is 5.99. The molecule has 0 amide bonds. The number of benzene rings is 1. The molecule has 1 aromatic rings. The van der Waals surface area contributed by atoms with Crippen molar-refractivity contribution in [3.8, 4) is 0 Å². The molecule has 0 atom stereocenters. The van der Waals surface area contributed by atoms with Crippen LogP contribution in [0.3, 0.4) is 0 Å². The highest BCUT2D eigenvalue weighted by atomic mass is 16.6. The molecule has 0 aliphatic heterocycles. The quantitative estimate of drug-likeness (QED) is 0.583. The lowest BCUT2D eigenvalue weighted by Gasteiger charge is -2.05. The summed E-state index contributed by atoms with van der Waals surface area (Å²) in [4.78, 5) is 10.7. The number of aryl methyl sites for hydroxylation is 2. The van der Waals surface area contributed by atoms with Gasteiger partial charge in [-0.1, -0.05) is 37.6 Å². The normalized spacial score (nSPS) is 11.9. The number of hydrogen-bond acceptors (Lipinski definition) is 2. The van der Waals surface area contributed by atoms with E-state index in [-0.39, 0.29) is 16.5 Å². The third kappa shape index (κ3) is 4.02. The van der Waals surface area contributed by atoms with Crippen molar-refractivity contribution < 1.29 is 4.92 Å². The van der Waals surface area contributed by atoms with Crippen molar-refractivity contribution in [2.75, 3.05) is 0 Å². The molecule has 0 N–H and O–H groups in total. The average Bonchev–Trinajstić information content (AvgIpc) is 2.21. The number of rotatable bonds is 4. The second-order valence-electron chi connectivity index (χ2n) is 4.85. The van der Waals surface area contributed by atoms with E-state index in [2.05, 4.69) is 0 Å². The Bertz CT molecular complexity index is 448. The van der Waals surface area contributed by atoms with Crippen LogP contribution in [0.4, 0.5) is 0 Å². The molecule has 0 aromatic heterocycles. The van der Waals surface area contributed by atoms with Crippen LogP contribution in [0.2, 0.25) is 0 Å². The Morgan fingerprint density at radius 3 is 2.59 bits per heavy atom. The Balaban J connectivity index is 3.12. The van der Waals surface area contributed by atoms with Gasteiger partial charge in [0.1, 0.15) is 0 Å². The Kier molecular flexibility index (Phi) is 4.44. The molecule has 0 spiro atoms. The van der Waals surface area contributed by atoms with Crippen LogP contribution in [0.5, 0.6) is 0 Å². The molecule has 0 aliphatic carbocycles. The standard InChI is InChI=1S/C14H19NO2/c1-10(2)7-14(15(16)17)9-13-8-11(3)5-6-12(13)4/h5-6,8-10H,7H2,1-4H3. The van der Waals surface area contributed by atoms with E-state index in [1.54, 1.807) is 6.08 Å². The van der Waals surface area contributed by atoms with Gasteiger partial charge in [-0.2, -0.15) is 0 Å². The lowest BCUT2D eigenvalue weighted by molar-refractivity contribution is -0.427. The first-order valence-electron chi connectivity index (χ1n) is 5.82. The van der Waals surface area contributed by atoms with E-state index in [1.807, 2.05) is 45.9 Å². The van der Waals surface area contributed by atoms with Gasteiger partial charge in [0, 0.05) is 12.5 Å². The van der Waals surface area contributed by atoms with Gasteiger partial charge in [0.05, 0.1) is 4.92 Å². The van der Waals surface area contributed by atoms with Gasteiger partial charge >= 0.3 is 0 Å². The zero-order chi connectivity index (χ0) is 13.0. The van der Waals surface area contributed by atoms with Gasteiger partial charge < -0.3 is 0 Å². The van der Waals surface area contributed by atoms with Crippen LogP contribution in [-0.2, 0) is 0 Å². The highest BCUT2D eigenvalue weighted by molar-refractivity contribution is 5.56. The summed E-state index contributed by atoms with van der Waals surface area (Å²) in [5.74, 6) is 0.289. The maximum Gasteiger partial charge on any atom is 0.247 e. The molecule has 0 aliphatic rings. The lowest BCUT2D eigenvalue weighted by atomic mass is 10.0. The number of hydrogen-bond donors (Lipinski definition) is 0. The highest BCUT2D eigenvalue weighted by Gasteiger charge is 2.13. The second-order valence-corrected chi connectivity index (χ2v) is 4.85. The molecule has 0 fully saturated rings. The van der Waals surface area contributed by atoms with Crippen molar-refractivity contribution in [3.05, 3.63) is 50.7 Å². The van der Waals surface area contributed by atoms with E-state index in [0.29, 0.717) is 6.42 Å². The van der Waals surface area contributed by atoms with Gasteiger partial charge in [0.15, 0.2) is 0 Å². The molecule has 0 saturated carbocycles. The first-order chi connectivity index (χ1) is 7.90. The number of nitrogens with zero attached hydrogens (tertiary/aromatic N) is 1. The number of allylic oxidation sites excluding steroid dienone is 1. The zero-order valence-corrected chi connectivity index (χ0v) is 10.9. The van der Waals surface area contributed by atoms with Gasteiger partial charge in [-0.25, -0.2) is 0 Å². The van der Waals surface area contributed by atoms with Crippen molar-refractivity contribution in [3.63, 3.8) is 0 Å². The topological polar surface area (TPSA) is 43.1 Å². The highest BCUT2D eigenvalue weighted by Crippen LogP contribution is 2.19. The molecule has 92 valence electrons.